The summed E-state index contributed by atoms with van der Waals surface area (Å²) in [6.07, 6.45) is 1.61. The van der Waals surface area contributed by atoms with E-state index in [0.717, 1.165) is 22.6 Å². The predicted molar refractivity (Wildman–Crippen MR) is 115 cm³/mol. The highest BCUT2D eigenvalue weighted by molar-refractivity contribution is 8.00. The smallest absolute Gasteiger partial charge is 0.255 e. The molecular formula is C23H22N2O3S. The number of carbonyl (C=O) groups excluding carboxylic acids is 2. The molecule has 1 aromatic heterocycles. The molecule has 1 saturated heterocycles. The third kappa shape index (κ3) is 4.22. The first-order chi connectivity index (χ1) is 14.0. The summed E-state index contributed by atoms with van der Waals surface area (Å²) < 4.78 is 5.39. The van der Waals surface area contributed by atoms with E-state index < -0.39 is 0 Å². The molecule has 1 fully saturated rings. The Balaban J connectivity index is 1.47. The van der Waals surface area contributed by atoms with Crippen LogP contribution in [0.25, 0.3) is 0 Å². The van der Waals surface area contributed by atoms with Crippen LogP contribution in [0.2, 0.25) is 0 Å². The standard InChI is InChI=1S/C23H22N2O3S/c1-15-5-10-19(12-16(15)2)24-22(27)17-6-8-18(9-7-17)23-25(21(26)14-29-23)13-20-4-3-11-28-20/h3-12,23H,13-14H2,1-2H3,(H,24,27). The molecule has 2 amide bonds. The molecule has 2 aromatic carbocycles. The molecule has 0 radical (unpaired) electrons. The number of anilines is 1. The highest BCUT2D eigenvalue weighted by Gasteiger charge is 2.33. The Bertz CT molecular complexity index is 1030. The van der Waals surface area contributed by atoms with E-state index in [1.165, 1.54) is 5.56 Å². The molecule has 1 N–H and O–H groups in total. The second-order valence-corrected chi connectivity index (χ2v) is 8.21. The second-order valence-electron chi connectivity index (χ2n) is 7.14. The number of benzene rings is 2. The molecule has 1 aliphatic rings. The maximum Gasteiger partial charge on any atom is 0.255 e. The fourth-order valence-electron chi connectivity index (χ4n) is 3.29. The molecule has 6 heteroatoms. The Kier molecular flexibility index (Phi) is 5.45. The second kappa shape index (κ2) is 8.17. The molecule has 2 heterocycles. The number of carbonyl (C=O) groups is 2. The molecule has 1 atom stereocenters. The highest BCUT2D eigenvalue weighted by atomic mass is 32.2. The fraction of sp³-hybridized carbons (Fsp3) is 0.217. The van der Waals surface area contributed by atoms with Crippen molar-refractivity contribution in [3.05, 3.63) is 88.9 Å². The largest absolute Gasteiger partial charge is 0.467 e. The minimum atomic E-state index is -0.151. The van der Waals surface area contributed by atoms with Crippen molar-refractivity contribution in [1.82, 2.24) is 4.90 Å². The van der Waals surface area contributed by atoms with Gasteiger partial charge in [0.2, 0.25) is 5.91 Å². The maximum absolute atomic E-state index is 12.6. The SMILES string of the molecule is Cc1ccc(NC(=O)c2ccc(C3SCC(=O)N3Cc3ccco3)cc2)cc1C. The predicted octanol–water partition coefficient (Wildman–Crippen LogP) is 4.92. The molecule has 148 valence electrons. The van der Waals surface area contributed by atoms with Crippen LogP contribution >= 0.6 is 11.8 Å². The van der Waals surface area contributed by atoms with Crippen LogP contribution in [0.4, 0.5) is 5.69 Å². The Morgan fingerprint density at radius 3 is 2.62 bits per heavy atom. The zero-order valence-corrected chi connectivity index (χ0v) is 17.2. The third-order valence-corrected chi connectivity index (χ3v) is 6.35. The number of hydrogen-bond acceptors (Lipinski definition) is 4. The highest BCUT2D eigenvalue weighted by Crippen LogP contribution is 2.39. The van der Waals surface area contributed by atoms with Crippen molar-refractivity contribution in [1.29, 1.82) is 0 Å². The minimum Gasteiger partial charge on any atom is -0.467 e. The quantitative estimate of drug-likeness (QED) is 0.653. The van der Waals surface area contributed by atoms with Gasteiger partial charge in [0.05, 0.1) is 18.6 Å². The summed E-state index contributed by atoms with van der Waals surface area (Å²) in [5.41, 5.74) is 4.69. The van der Waals surface area contributed by atoms with Gasteiger partial charge in [-0.05, 0) is 66.9 Å². The summed E-state index contributed by atoms with van der Waals surface area (Å²) in [7, 11) is 0. The van der Waals surface area contributed by atoms with Crippen LogP contribution in [0.15, 0.2) is 65.3 Å². The minimum absolute atomic E-state index is 0.0792. The lowest BCUT2D eigenvalue weighted by Gasteiger charge is -2.23. The Labute approximate surface area is 174 Å². The molecule has 0 bridgehead atoms. The number of furan rings is 1. The summed E-state index contributed by atoms with van der Waals surface area (Å²) in [5.74, 6) is 1.14. The van der Waals surface area contributed by atoms with Crippen molar-refractivity contribution >= 4 is 29.3 Å². The summed E-state index contributed by atoms with van der Waals surface area (Å²) in [4.78, 5) is 26.7. The van der Waals surface area contributed by atoms with Gasteiger partial charge in [-0.2, -0.15) is 0 Å². The number of thioether (sulfide) groups is 1. The van der Waals surface area contributed by atoms with E-state index in [1.807, 2.05) is 61.2 Å². The first-order valence-corrected chi connectivity index (χ1v) is 10.5. The van der Waals surface area contributed by atoms with Gasteiger partial charge in [-0.1, -0.05) is 18.2 Å². The van der Waals surface area contributed by atoms with Crippen molar-refractivity contribution in [2.75, 3.05) is 11.1 Å². The van der Waals surface area contributed by atoms with Gasteiger partial charge in [0.25, 0.3) is 5.91 Å². The van der Waals surface area contributed by atoms with Gasteiger partial charge in [-0.25, -0.2) is 0 Å². The van der Waals surface area contributed by atoms with Gasteiger partial charge in [0.15, 0.2) is 0 Å². The summed E-state index contributed by atoms with van der Waals surface area (Å²) in [5, 5.41) is 2.86. The van der Waals surface area contributed by atoms with Crippen LogP contribution < -0.4 is 5.32 Å². The fourth-order valence-corrected chi connectivity index (χ4v) is 4.48. The Hall–Kier alpha value is -2.99. The van der Waals surface area contributed by atoms with Crippen LogP contribution in [0.3, 0.4) is 0 Å². The van der Waals surface area contributed by atoms with Crippen molar-refractivity contribution in [2.24, 2.45) is 0 Å². The molecule has 0 spiro atoms. The Morgan fingerprint density at radius 1 is 1.14 bits per heavy atom. The number of rotatable bonds is 5. The van der Waals surface area contributed by atoms with E-state index in [0.29, 0.717) is 17.9 Å². The first kappa shape index (κ1) is 19.3. The van der Waals surface area contributed by atoms with E-state index in [9.17, 15) is 9.59 Å². The van der Waals surface area contributed by atoms with Crippen LogP contribution in [-0.2, 0) is 11.3 Å². The Morgan fingerprint density at radius 2 is 1.93 bits per heavy atom. The van der Waals surface area contributed by atoms with Gasteiger partial charge in [-0.3, -0.25) is 9.59 Å². The van der Waals surface area contributed by atoms with Crippen LogP contribution in [-0.4, -0.2) is 22.5 Å². The molecule has 1 unspecified atom stereocenters. The van der Waals surface area contributed by atoms with E-state index >= 15 is 0 Å². The van der Waals surface area contributed by atoms with E-state index in [-0.39, 0.29) is 17.2 Å². The summed E-state index contributed by atoms with van der Waals surface area (Å²) in [6.45, 7) is 4.51. The zero-order valence-electron chi connectivity index (χ0n) is 16.3. The average Bonchev–Trinajstić information content (AvgIpc) is 3.36. The van der Waals surface area contributed by atoms with Crippen LogP contribution in [0.5, 0.6) is 0 Å². The van der Waals surface area contributed by atoms with Gasteiger partial charge in [0.1, 0.15) is 11.1 Å². The first-order valence-electron chi connectivity index (χ1n) is 9.43. The molecule has 4 rings (SSSR count). The molecule has 0 aliphatic carbocycles. The number of aryl methyl sites for hydroxylation is 2. The zero-order chi connectivity index (χ0) is 20.4. The molecule has 1 aliphatic heterocycles. The monoisotopic (exact) mass is 406 g/mol. The third-order valence-electron chi connectivity index (χ3n) is 5.10. The van der Waals surface area contributed by atoms with Gasteiger partial charge in [-0.15, -0.1) is 11.8 Å². The lowest BCUT2D eigenvalue weighted by atomic mass is 10.1. The van der Waals surface area contributed by atoms with Gasteiger partial charge in [0, 0.05) is 11.3 Å². The lowest BCUT2D eigenvalue weighted by molar-refractivity contribution is -0.128. The van der Waals surface area contributed by atoms with Crippen LogP contribution in [0.1, 0.15) is 38.2 Å². The van der Waals surface area contributed by atoms with E-state index in [2.05, 4.69) is 5.32 Å². The number of hydrogen-bond donors (Lipinski definition) is 1. The summed E-state index contributed by atoms with van der Waals surface area (Å²) in [6, 6.07) is 17.0. The lowest BCUT2D eigenvalue weighted by Crippen LogP contribution is -2.27. The molecule has 0 saturated carbocycles. The number of nitrogens with zero attached hydrogens (tertiary/aromatic N) is 1. The van der Waals surface area contributed by atoms with E-state index in [1.54, 1.807) is 30.2 Å². The molecule has 5 nitrogen and oxygen atoms in total. The van der Waals surface area contributed by atoms with Crippen molar-refractivity contribution in [3.63, 3.8) is 0 Å². The maximum atomic E-state index is 12.6. The normalized spacial score (nSPS) is 16.3. The topological polar surface area (TPSA) is 62.6 Å². The van der Waals surface area contributed by atoms with Gasteiger partial charge >= 0.3 is 0 Å². The molecule has 29 heavy (non-hydrogen) atoms. The van der Waals surface area contributed by atoms with Crippen molar-refractivity contribution < 1.29 is 14.0 Å². The van der Waals surface area contributed by atoms with Gasteiger partial charge < -0.3 is 14.6 Å². The average molecular weight is 407 g/mol. The number of amides is 2. The molecular weight excluding hydrogens is 384 g/mol. The van der Waals surface area contributed by atoms with Crippen molar-refractivity contribution in [2.45, 2.75) is 25.8 Å². The van der Waals surface area contributed by atoms with Crippen LogP contribution in [0, 0.1) is 13.8 Å². The summed E-state index contributed by atoms with van der Waals surface area (Å²) >= 11 is 1.59. The molecule has 3 aromatic rings. The van der Waals surface area contributed by atoms with E-state index in [4.69, 9.17) is 4.42 Å². The van der Waals surface area contributed by atoms with Crippen molar-refractivity contribution in [3.8, 4) is 0 Å². The number of nitrogens with one attached hydrogen (secondary N) is 1.